The standard InChI is InChI=1S/C18H16Cl3N3OS/c1-11-9-12(19)4-7-16(11)25-8-2-3-17-22-23-18(26)24(17)13-5-6-14(20)15(21)10-13/h4-7,9-10H,2-3,8H2,1H3,(H,23,26). The van der Waals surface area contributed by atoms with Gasteiger partial charge in [-0.1, -0.05) is 34.8 Å². The third-order valence-electron chi connectivity index (χ3n) is 3.84. The fourth-order valence-corrected chi connectivity index (χ4v) is 3.35. The molecule has 0 saturated heterocycles. The first kappa shape index (κ1) is 19.2. The van der Waals surface area contributed by atoms with E-state index in [0.29, 0.717) is 32.9 Å². The maximum Gasteiger partial charge on any atom is 0.199 e. The Morgan fingerprint density at radius 3 is 2.65 bits per heavy atom. The van der Waals surface area contributed by atoms with Gasteiger partial charge in [-0.05, 0) is 67.5 Å². The van der Waals surface area contributed by atoms with Crippen LogP contribution in [-0.2, 0) is 6.42 Å². The van der Waals surface area contributed by atoms with E-state index in [2.05, 4.69) is 10.2 Å². The Balaban J connectivity index is 1.67. The highest BCUT2D eigenvalue weighted by Gasteiger charge is 2.10. The molecule has 0 atom stereocenters. The SMILES string of the molecule is Cc1cc(Cl)ccc1OCCCc1n[nH]c(=S)n1-c1ccc(Cl)c(Cl)c1. The number of hydrogen-bond acceptors (Lipinski definition) is 3. The molecule has 0 aliphatic rings. The molecule has 0 radical (unpaired) electrons. The molecule has 3 rings (SSSR count). The van der Waals surface area contributed by atoms with Crippen LogP contribution in [0.2, 0.25) is 15.1 Å². The predicted octanol–water partition coefficient (Wildman–Crippen LogP) is 6.21. The van der Waals surface area contributed by atoms with Gasteiger partial charge in [0.15, 0.2) is 4.77 Å². The fourth-order valence-electron chi connectivity index (χ4n) is 2.57. The summed E-state index contributed by atoms with van der Waals surface area (Å²) in [5, 5.41) is 8.81. The molecule has 26 heavy (non-hydrogen) atoms. The Labute approximate surface area is 171 Å². The van der Waals surface area contributed by atoms with E-state index in [4.69, 9.17) is 51.8 Å². The number of H-pyrrole nitrogens is 1. The lowest BCUT2D eigenvalue weighted by atomic mass is 10.2. The number of aryl methyl sites for hydroxylation is 2. The number of aromatic nitrogens is 3. The van der Waals surface area contributed by atoms with Gasteiger partial charge in [-0.3, -0.25) is 9.67 Å². The van der Waals surface area contributed by atoms with Crippen LogP contribution in [0.3, 0.4) is 0 Å². The highest BCUT2D eigenvalue weighted by atomic mass is 35.5. The number of hydrogen-bond donors (Lipinski definition) is 1. The molecule has 0 saturated carbocycles. The third kappa shape index (κ3) is 4.41. The van der Waals surface area contributed by atoms with E-state index in [1.807, 2.05) is 35.8 Å². The second kappa shape index (κ2) is 8.44. The smallest absolute Gasteiger partial charge is 0.199 e. The van der Waals surface area contributed by atoms with Gasteiger partial charge < -0.3 is 4.74 Å². The van der Waals surface area contributed by atoms with E-state index in [-0.39, 0.29) is 0 Å². The molecule has 3 aromatic rings. The average Bonchev–Trinajstić information content (AvgIpc) is 2.96. The first-order valence-electron chi connectivity index (χ1n) is 7.96. The van der Waals surface area contributed by atoms with Gasteiger partial charge in [0, 0.05) is 11.4 Å². The van der Waals surface area contributed by atoms with Crippen molar-refractivity contribution in [3.05, 3.63) is 67.6 Å². The summed E-state index contributed by atoms with van der Waals surface area (Å²) in [6.07, 6.45) is 1.48. The maximum absolute atomic E-state index is 6.12. The van der Waals surface area contributed by atoms with Crippen molar-refractivity contribution < 1.29 is 4.74 Å². The third-order valence-corrected chi connectivity index (χ3v) is 5.09. The molecule has 136 valence electrons. The second-order valence-corrected chi connectivity index (χ2v) is 7.38. The molecular formula is C18H16Cl3N3OS. The van der Waals surface area contributed by atoms with Crippen LogP contribution in [0.15, 0.2) is 36.4 Å². The minimum atomic E-state index is 0.472. The van der Waals surface area contributed by atoms with Crippen molar-refractivity contribution in [3.63, 3.8) is 0 Å². The topological polar surface area (TPSA) is 42.8 Å². The van der Waals surface area contributed by atoms with Crippen LogP contribution < -0.4 is 4.74 Å². The summed E-state index contributed by atoms with van der Waals surface area (Å²) in [5.74, 6) is 1.64. The van der Waals surface area contributed by atoms with Gasteiger partial charge in [-0.25, -0.2) is 0 Å². The Bertz CT molecular complexity index is 984. The van der Waals surface area contributed by atoms with Crippen LogP contribution in [0.5, 0.6) is 5.75 Å². The summed E-state index contributed by atoms with van der Waals surface area (Å²) in [4.78, 5) is 0. The first-order valence-corrected chi connectivity index (χ1v) is 9.50. The van der Waals surface area contributed by atoms with E-state index >= 15 is 0 Å². The highest BCUT2D eigenvalue weighted by molar-refractivity contribution is 7.71. The molecule has 8 heteroatoms. The lowest BCUT2D eigenvalue weighted by Gasteiger charge is -2.10. The molecule has 1 aromatic heterocycles. The molecule has 0 aliphatic carbocycles. The van der Waals surface area contributed by atoms with Crippen molar-refractivity contribution in [1.82, 2.24) is 14.8 Å². The lowest BCUT2D eigenvalue weighted by Crippen LogP contribution is -2.06. The number of ether oxygens (including phenoxy) is 1. The van der Waals surface area contributed by atoms with E-state index in [9.17, 15) is 0 Å². The predicted molar refractivity (Wildman–Crippen MR) is 109 cm³/mol. The fraction of sp³-hybridized carbons (Fsp3) is 0.222. The monoisotopic (exact) mass is 427 g/mol. The summed E-state index contributed by atoms with van der Waals surface area (Å²) >= 11 is 23.4. The second-order valence-electron chi connectivity index (χ2n) is 5.74. The number of nitrogens with zero attached hydrogens (tertiary/aromatic N) is 2. The van der Waals surface area contributed by atoms with Gasteiger partial charge in [0.1, 0.15) is 11.6 Å². The summed E-state index contributed by atoms with van der Waals surface area (Å²) in [7, 11) is 0. The number of nitrogens with one attached hydrogen (secondary N) is 1. The highest BCUT2D eigenvalue weighted by Crippen LogP contribution is 2.25. The van der Waals surface area contributed by atoms with Crippen molar-refractivity contribution in [2.24, 2.45) is 0 Å². The molecular weight excluding hydrogens is 413 g/mol. The Morgan fingerprint density at radius 2 is 1.92 bits per heavy atom. The van der Waals surface area contributed by atoms with Crippen molar-refractivity contribution in [2.75, 3.05) is 6.61 Å². The molecule has 1 N–H and O–H groups in total. The van der Waals surface area contributed by atoms with Gasteiger partial charge >= 0.3 is 0 Å². The van der Waals surface area contributed by atoms with Crippen LogP contribution >= 0.6 is 47.0 Å². The van der Waals surface area contributed by atoms with Gasteiger partial charge in [0.05, 0.1) is 22.3 Å². The minimum absolute atomic E-state index is 0.472. The number of rotatable bonds is 6. The number of aromatic amines is 1. The van der Waals surface area contributed by atoms with Crippen molar-refractivity contribution >= 4 is 47.0 Å². The summed E-state index contributed by atoms with van der Waals surface area (Å²) in [5.41, 5.74) is 1.83. The quantitative estimate of drug-likeness (QED) is 0.375. The molecule has 0 amide bonds. The molecule has 0 aliphatic heterocycles. The van der Waals surface area contributed by atoms with Crippen LogP contribution in [0.4, 0.5) is 0 Å². The van der Waals surface area contributed by atoms with Crippen molar-refractivity contribution in [1.29, 1.82) is 0 Å². The van der Waals surface area contributed by atoms with Crippen LogP contribution in [0.25, 0.3) is 5.69 Å². The van der Waals surface area contributed by atoms with Gasteiger partial charge in [0.2, 0.25) is 0 Å². The first-order chi connectivity index (χ1) is 12.5. The van der Waals surface area contributed by atoms with Gasteiger partial charge in [-0.2, -0.15) is 5.10 Å². The zero-order valence-electron chi connectivity index (χ0n) is 13.9. The van der Waals surface area contributed by atoms with Crippen molar-refractivity contribution in [2.45, 2.75) is 19.8 Å². The Morgan fingerprint density at radius 1 is 1.12 bits per heavy atom. The molecule has 4 nitrogen and oxygen atoms in total. The molecule has 0 unspecified atom stereocenters. The number of halogens is 3. The van der Waals surface area contributed by atoms with E-state index in [1.165, 1.54) is 0 Å². The van der Waals surface area contributed by atoms with E-state index < -0.39 is 0 Å². The lowest BCUT2D eigenvalue weighted by molar-refractivity contribution is 0.307. The molecule has 0 spiro atoms. The normalized spacial score (nSPS) is 10.9. The summed E-state index contributed by atoms with van der Waals surface area (Å²) in [6, 6.07) is 10.9. The summed E-state index contributed by atoms with van der Waals surface area (Å²) in [6.45, 7) is 2.53. The minimum Gasteiger partial charge on any atom is -0.493 e. The summed E-state index contributed by atoms with van der Waals surface area (Å²) < 4.78 is 8.19. The van der Waals surface area contributed by atoms with Crippen LogP contribution in [-0.4, -0.2) is 21.4 Å². The van der Waals surface area contributed by atoms with E-state index in [0.717, 1.165) is 29.2 Å². The largest absolute Gasteiger partial charge is 0.493 e. The number of benzene rings is 2. The molecule has 1 heterocycles. The van der Waals surface area contributed by atoms with E-state index in [1.54, 1.807) is 12.1 Å². The Hall–Kier alpha value is -1.53. The zero-order valence-corrected chi connectivity index (χ0v) is 17.0. The molecule has 0 bridgehead atoms. The average molecular weight is 429 g/mol. The van der Waals surface area contributed by atoms with Gasteiger partial charge in [-0.15, -0.1) is 0 Å². The van der Waals surface area contributed by atoms with Crippen LogP contribution in [0.1, 0.15) is 17.8 Å². The van der Waals surface area contributed by atoms with Crippen LogP contribution in [0, 0.1) is 11.7 Å². The molecule has 0 fully saturated rings. The Kier molecular flexibility index (Phi) is 6.24. The van der Waals surface area contributed by atoms with Gasteiger partial charge in [0.25, 0.3) is 0 Å². The zero-order chi connectivity index (χ0) is 18.7. The molecule has 2 aromatic carbocycles. The van der Waals surface area contributed by atoms with Crippen molar-refractivity contribution in [3.8, 4) is 11.4 Å². The maximum atomic E-state index is 6.12.